The first kappa shape index (κ1) is 31.4. The van der Waals surface area contributed by atoms with Crippen molar-refractivity contribution < 1.29 is 9.59 Å². The lowest BCUT2D eigenvalue weighted by Gasteiger charge is -2.52. The first-order chi connectivity index (χ1) is 18.1. The van der Waals surface area contributed by atoms with E-state index in [2.05, 4.69) is 52.5 Å². The standard InChI is InChI=1S/C31H42N4O2.2ClH/c1-2-3-18-35-29(36)28(21-24-8-5-4-6-9-24)33-30(37)31(35)15-19-34(20-16-31)23-25-11-13-26(14-12-25)27-10-7-17-32-22-27;;/h7,10-14,17,22,24,28H,2-6,8-9,15-16,18-21,23H2,1H3,(H,33,37);2*1H/t28-;;/m0../s1. The van der Waals surface area contributed by atoms with Crippen LogP contribution in [-0.4, -0.2) is 57.8 Å². The van der Waals surface area contributed by atoms with Crippen LogP contribution in [0.5, 0.6) is 0 Å². The van der Waals surface area contributed by atoms with Crippen LogP contribution in [0.3, 0.4) is 0 Å². The van der Waals surface area contributed by atoms with Gasteiger partial charge in [0.25, 0.3) is 0 Å². The van der Waals surface area contributed by atoms with E-state index in [4.69, 9.17) is 0 Å². The number of benzene rings is 1. The van der Waals surface area contributed by atoms with Gasteiger partial charge in [-0.3, -0.25) is 19.5 Å². The summed E-state index contributed by atoms with van der Waals surface area (Å²) in [4.78, 5) is 36.0. The van der Waals surface area contributed by atoms with Gasteiger partial charge in [-0.1, -0.05) is 75.8 Å². The Hall–Kier alpha value is -2.15. The minimum atomic E-state index is -0.685. The van der Waals surface area contributed by atoms with E-state index in [0.29, 0.717) is 25.3 Å². The van der Waals surface area contributed by atoms with Gasteiger partial charge < -0.3 is 10.2 Å². The van der Waals surface area contributed by atoms with Gasteiger partial charge in [-0.05, 0) is 54.4 Å². The van der Waals surface area contributed by atoms with Crippen molar-refractivity contribution in [2.45, 2.75) is 89.3 Å². The Morgan fingerprint density at radius 3 is 2.33 bits per heavy atom. The molecule has 6 nitrogen and oxygen atoms in total. The van der Waals surface area contributed by atoms with Crippen molar-refractivity contribution in [1.82, 2.24) is 20.1 Å². The number of amides is 2. The molecule has 1 N–H and O–H groups in total. The number of halogens is 2. The zero-order chi connectivity index (χ0) is 25.7. The number of pyridine rings is 1. The summed E-state index contributed by atoms with van der Waals surface area (Å²) in [6, 6.07) is 12.4. The highest BCUT2D eigenvalue weighted by molar-refractivity contribution is 6.00. The molecule has 1 aromatic heterocycles. The molecule has 2 aromatic rings. The molecule has 3 fully saturated rings. The van der Waals surface area contributed by atoms with Crippen LogP contribution in [0.15, 0.2) is 48.8 Å². The van der Waals surface area contributed by atoms with Gasteiger partial charge in [0, 0.05) is 38.6 Å². The van der Waals surface area contributed by atoms with E-state index in [0.717, 1.165) is 44.5 Å². The maximum atomic E-state index is 13.7. The molecule has 1 aromatic carbocycles. The van der Waals surface area contributed by atoms with Gasteiger partial charge in [0.2, 0.25) is 11.8 Å². The monoisotopic (exact) mass is 574 g/mol. The number of hydrogen-bond acceptors (Lipinski definition) is 4. The van der Waals surface area contributed by atoms with Crippen molar-refractivity contribution in [2.24, 2.45) is 5.92 Å². The molecule has 1 spiro atoms. The van der Waals surface area contributed by atoms with E-state index in [1.54, 1.807) is 6.20 Å². The average Bonchev–Trinajstić information content (AvgIpc) is 2.94. The second kappa shape index (κ2) is 14.5. The van der Waals surface area contributed by atoms with Crippen LogP contribution in [0.2, 0.25) is 0 Å². The van der Waals surface area contributed by atoms with Crippen LogP contribution in [0.4, 0.5) is 0 Å². The van der Waals surface area contributed by atoms with E-state index in [1.165, 1.54) is 43.2 Å². The van der Waals surface area contributed by atoms with Gasteiger partial charge in [0.05, 0.1) is 0 Å². The summed E-state index contributed by atoms with van der Waals surface area (Å²) in [7, 11) is 0. The first-order valence-electron chi connectivity index (χ1n) is 14.4. The molecule has 8 heteroatoms. The van der Waals surface area contributed by atoms with Crippen molar-refractivity contribution in [3.05, 3.63) is 54.4 Å². The maximum absolute atomic E-state index is 13.7. The van der Waals surface area contributed by atoms with Crippen LogP contribution in [-0.2, 0) is 16.1 Å². The Balaban J connectivity index is 0.00000210. The average molecular weight is 576 g/mol. The third-order valence-electron chi connectivity index (χ3n) is 8.88. The molecule has 2 amide bonds. The highest BCUT2D eigenvalue weighted by Gasteiger charge is 2.53. The highest BCUT2D eigenvalue weighted by atomic mass is 35.5. The number of carbonyl (C=O) groups is 2. The minimum Gasteiger partial charge on any atom is -0.342 e. The van der Waals surface area contributed by atoms with E-state index < -0.39 is 5.54 Å². The van der Waals surface area contributed by atoms with Crippen LogP contribution in [0, 0.1) is 5.92 Å². The lowest BCUT2D eigenvalue weighted by Crippen LogP contribution is -2.73. The number of piperidine rings is 1. The van der Waals surface area contributed by atoms with E-state index in [9.17, 15) is 9.59 Å². The molecule has 39 heavy (non-hydrogen) atoms. The van der Waals surface area contributed by atoms with Crippen molar-refractivity contribution in [3.8, 4) is 11.1 Å². The molecule has 2 aliphatic heterocycles. The molecule has 0 unspecified atom stereocenters. The summed E-state index contributed by atoms with van der Waals surface area (Å²) in [5.74, 6) is 0.819. The molecule has 0 radical (unpaired) electrons. The number of hydrogen-bond donors (Lipinski definition) is 1. The Bertz CT molecular complexity index is 1050. The third-order valence-corrected chi connectivity index (χ3v) is 8.88. The Morgan fingerprint density at radius 2 is 1.69 bits per heavy atom. The van der Waals surface area contributed by atoms with E-state index >= 15 is 0 Å². The minimum absolute atomic E-state index is 0. The predicted octanol–water partition coefficient (Wildman–Crippen LogP) is 6.02. The van der Waals surface area contributed by atoms with Crippen LogP contribution < -0.4 is 5.32 Å². The van der Waals surface area contributed by atoms with Crippen molar-refractivity contribution in [3.63, 3.8) is 0 Å². The van der Waals surface area contributed by atoms with Crippen LogP contribution in [0.1, 0.15) is 76.7 Å². The lowest BCUT2D eigenvalue weighted by atomic mass is 9.79. The number of rotatable bonds is 8. The Morgan fingerprint density at radius 1 is 0.974 bits per heavy atom. The van der Waals surface area contributed by atoms with Gasteiger partial charge in [-0.15, -0.1) is 24.8 Å². The highest BCUT2D eigenvalue weighted by Crippen LogP contribution is 2.36. The summed E-state index contributed by atoms with van der Waals surface area (Å²) in [5.41, 5.74) is 2.87. The quantitative estimate of drug-likeness (QED) is 0.418. The van der Waals surface area contributed by atoms with Crippen LogP contribution in [0.25, 0.3) is 11.1 Å². The van der Waals surface area contributed by atoms with Crippen LogP contribution >= 0.6 is 24.8 Å². The summed E-state index contributed by atoms with van der Waals surface area (Å²) in [6.07, 6.45) is 14.1. The number of nitrogens with one attached hydrogen (secondary N) is 1. The lowest BCUT2D eigenvalue weighted by molar-refractivity contribution is -0.162. The Kier molecular flexibility index (Phi) is 11.6. The predicted molar refractivity (Wildman–Crippen MR) is 161 cm³/mol. The number of carbonyl (C=O) groups excluding carboxylic acids is 2. The number of nitrogens with zero attached hydrogens (tertiary/aromatic N) is 3. The number of piperazine rings is 1. The molecule has 2 saturated heterocycles. The second-order valence-electron chi connectivity index (χ2n) is 11.4. The first-order valence-corrected chi connectivity index (χ1v) is 14.4. The fourth-order valence-corrected chi connectivity index (χ4v) is 6.60. The third kappa shape index (κ3) is 7.14. The summed E-state index contributed by atoms with van der Waals surface area (Å²) >= 11 is 0. The molecular formula is C31H44Cl2N4O2. The molecule has 0 bridgehead atoms. The zero-order valence-electron chi connectivity index (χ0n) is 23.1. The molecular weight excluding hydrogens is 531 g/mol. The summed E-state index contributed by atoms with van der Waals surface area (Å²) < 4.78 is 0. The van der Waals surface area contributed by atoms with Gasteiger partial charge in [0.1, 0.15) is 11.6 Å². The smallest absolute Gasteiger partial charge is 0.246 e. The number of likely N-dealkylation sites (tertiary alicyclic amines) is 1. The molecule has 214 valence electrons. The van der Waals surface area contributed by atoms with Gasteiger partial charge in [0.15, 0.2) is 0 Å². The SMILES string of the molecule is CCCCN1C(=O)[C@H](CC2CCCCC2)NC(=O)C12CCN(Cc1ccc(-c3cccnc3)cc1)CC2.Cl.Cl. The molecule has 3 heterocycles. The van der Waals surface area contributed by atoms with Gasteiger partial charge in [-0.25, -0.2) is 0 Å². The summed E-state index contributed by atoms with van der Waals surface area (Å²) in [6.45, 7) is 5.35. The largest absolute Gasteiger partial charge is 0.342 e. The molecule has 1 saturated carbocycles. The molecule has 5 rings (SSSR count). The normalized spacial score (nSPS) is 21.7. The van der Waals surface area contributed by atoms with Gasteiger partial charge in [-0.2, -0.15) is 0 Å². The topological polar surface area (TPSA) is 65.5 Å². The zero-order valence-corrected chi connectivity index (χ0v) is 24.8. The van der Waals surface area contributed by atoms with Crippen molar-refractivity contribution in [1.29, 1.82) is 0 Å². The fraction of sp³-hybridized carbons (Fsp3) is 0.581. The molecule has 1 atom stereocenters. The Labute approximate surface area is 246 Å². The number of aromatic nitrogens is 1. The summed E-state index contributed by atoms with van der Waals surface area (Å²) in [5, 5.41) is 3.21. The maximum Gasteiger partial charge on any atom is 0.246 e. The van der Waals surface area contributed by atoms with Gasteiger partial charge >= 0.3 is 0 Å². The second-order valence-corrected chi connectivity index (χ2v) is 11.4. The fourth-order valence-electron chi connectivity index (χ4n) is 6.60. The van der Waals surface area contributed by atoms with E-state index in [1.807, 2.05) is 17.2 Å². The molecule has 3 aliphatic rings. The van der Waals surface area contributed by atoms with Crippen molar-refractivity contribution >= 4 is 36.6 Å². The van der Waals surface area contributed by atoms with E-state index in [-0.39, 0.29) is 42.7 Å². The number of unbranched alkanes of at least 4 members (excludes halogenated alkanes) is 1. The molecule has 1 aliphatic carbocycles. The van der Waals surface area contributed by atoms with Crippen molar-refractivity contribution in [2.75, 3.05) is 19.6 Å².